The third-order valence-corrected chi connectivity index (χ3v) is 2.21. The fraction of sp³-hybridized carbons (Fsp3) is 0.550. The van der Waals surface area contributed by atoms with Gasteiger partial charge in [0, 0.05) is 29.9 Å². The van der Waals surface area contributed by atoms with Crippen LogP contribution < -0.4 is 0 Å². The highest BCUT2D eigenvalue weighted by Crippen LogP contribution is 1.88. The fourth-order valence-corrected chi connectivity index (χ4v) is 0.482. The number of carbonyl (C=O) groups is 3. The molecule has 0 amide bonds. The van der Waals surface area contributed by atoms with E-state index in [1.807, 2.05) is 6.92 Å². The molecule has 0 aliphatic carbocycles. The van der Waals surface area contributed by atoms with Gasteiger partial charge in [0.1, 0.15) is 0 Å². The van der Waals surface area contributed by atoms with Crippen molar-refractivity contribution < 1.29 is 50.1 Å². The summed E-state index contributed by atoms with van der Waals surface area (Å²) in [6, 6.07) is 0. The maximum atomic E-state index is 9.60. The molecule has 10 heteroatoms. The fourth-order valence-electron chi connectivity index (χ4n) is 0.482. The van der Waals surface area contributed by atoms with Gasteiger partial charge in [0.25, 0.3) is 0 Å². The van der Waals surface area contributed by atoms with E-state index in [2.05, 4.69) is 19.7 Å². The van der Waals surface area contributed by atoms with Crippen molar-refractivity contribution in [3.63, 3.8) is 0 Å². The summed E-state index contributed by atoms with van der Waals surface area (Å²) in [4.78, 5) is 28.8. The van der Waals surface area contributed by atoms with Crippen molar-refractivity contribution in [2.24, 2.45) is 0 Å². The van der Waals surface area contributed by atoms with Crippen LogP contribution in [0.25, 0.3) is 0 Å². The highest BCUT2D eigenvalue weighted by Gasteiger charge is 1.91. The van der Waals surface area contributed by atoms with E-state index in [0.717, 1.165) is 19.3 Å². The van der Waals surface area contributed by atoms with Crippen LogP contribution >= 0.6 is 0 Å². The maximum absolute atomic E-state index is 9.60. The van der Waals surface area contributed by atoms with Gasteiger partial charge in [0.05, 0.1) is 0 Å². The van der Waals surface area contributed by atoms with Crippen molar-refractivity contribution in [1.82, 2.24) is 0 Å². The summed E-state index contributed by atoms with van der Waals surface area (Å²) in [5.74, 6) is -2.81. The van der Waals surface area contributed by atoms with Gasteiger partial charge in [-0.15, -0.1) is 0 Å². The Kier molecular flexibility index (Phi) is 36.4. The van der Waals surface area contributed by atoms with Crippen LogP contribution in [0.1, 0.15) is 53.4 Å². The second-order valence-corrected chi connectivity index (χ2v) is 5.68. The molecule has 0 spiro atoms. The van der Waals surface area contributed by atoms with Gasteiger partial charge in [-0.3, -0.25) is 0 Å². The summed E-state index contributed by atoms with van der Waals surface area (Å²) in [7, 11) is 0. The quantitative estimate of drug-likeness (QED) is 0.167. The number of carboxylic acid groups (broad SMARTS) is 3. The van der Waals surface area contributed by atoms with Crippen molar-refractivity contribution in [3.8, 4) is 0 Å². The van der Waals surface area contributed by atoms with Gasteiger partial charge < -0.3 is 35.7 Å². The molecule has 0 unspecified atom stereocenters. The lowest BCUT2D eigenvalue weighted by molar-refractivity contribution is -0.133. The van der Waals surface area contributed by atoms with Crippen LogP contribution in [0.5, 0.6) is 0 Å². The SMILES string of the molecule is C=C(C)C(=O)O.C=C(C)C(=O)O.C=C(C)C(=O)O.CCCC(O)O.OCCCCO. The van der Waals surface area contributed by atoms with Gasteiger partial charge in [0.15, 0.2) is 6.29 Å². The third kappa shape index (κ3) is 63.7. The summed E-state index contributed by atoms with van der Waals surface area (Å²) < 4.78 is 0. The van der Waals surface area contributed by atoms with E-state index in [4.69, 9.17) is 35.7 Å². The Bertz CT molecular complexity index is 399. The van der Waals surface area contributed by atoms with Crippen molar-refractivity contribution in [2.45, 2.75) is 59.7 Å². The van der Waals surface area contributed by atoms with Gasteiger partial charge in [-0.1, -0.05) is 33.1 Å². The smallest absolute Gasteiger partial charge is 0.330 e. The lowest BCUT2D eigenvalue weighted by atomic mass is 10.3. The first-order chi connectivity index (χ1) is 13.6. The Labute approximate surface area is 178 Å². The normalized spacial score (nSPS) is 8.30. The lowest BCUT2D eigenvalue weighted by Crippen LogP contribution is -2.01. The molecule has 0 aliphatic heterocycles. The molecule has 10 nitrogen and oxygen atoms in total. The van der Waals surface area contributed by atoms with Crippen LogP contribution in [0.2, 0.25) is 0 Å². The van der Waals surface area contributed by atoms with E-state index in [-0.39, 0.29) is 29.9 Å². The molecular formula is C20H38O10. The first-order valence-corrected chi connectivity index (χ1v) is 8.86. The molecule has 7 N–H and O–H groups in total. The number of unbranched alkanes of at least 4 members (excludes halogenated alkanes) is 1. The van der Waals surface area contributed by atoms with Gasteiger partial charge in [-0.2, -0.15) is 0 Å². The Hall–Kier alpha value is -2.53. The largest absolute Gasteiger partial charge is 0.478 e. The van der Waals surface area contributed by atoms with Gasteiger partial charge in [0.2, 0.25) is 0 Å². The van der Waals surface area contributed by atoms with Crippen LogP contribution in [0, 0.1) is 0 Å². The molecule has 0 fully saturated rings. The van der Waals surface area contributed by atoms with Gasteiger partial charge >= 0.3 is 17.9 Å². The van der Waals surface area contributed by atoms with Crippen molar-refractivity contribution >= 4 is 17.9 Å². The topological polar surface area (TPSA) is 193 Å². The molecule has 0 saturated heterocycles. The number of aliphatic hydroxyl groups excluding tert-OH is 3. The Morgan fingerprint density at radius 1 is 0.700 bits per heavy atom. The molecule has 0 aromatic carbocycles. The highest BCUT2D eigenvalue weighted by molar-refractivity contribution is 5.85. The van der Waals surface area contributed by atoms with E-state index in [9.17, 15) is 14.4 Å². The summed E-state index contributed by atoms with van der Waals surface area (Å²) in [5, 5.41) is 56.1. The van der Waals surface area contributed by atoms with E-state index in [0.29, 0.717) is 6.42 Å². The molecule has 0 rings (SSSR count). The minimum absolute atomic E-state index is 0.176. The van der Waals surface area contributed by atoms with E-state index in [1.165, 1.54) is 20.8 Å². The monoisotopic (exact) mass is 438 g/mol. The van der Waals surface area contributed by atoms with E-state index < -0.39 is 24.2 Å². The number of rotatable bonds is 8. The molecule has 178 valence electrons. The zero-order chi connectivity index (χ0) is 25.3. The minimum atomic E-state index is -1.10. The van der Waals surface area contributed by atoms with Crippen LogP contribution in [0.15, 0.2) is 36.5 Å². The van der Waals surface area contributed by atoms with Crippen LogP contribution in [-0.4, -0.2) is 73.2 Å². The third-order valence-electron chi connectivity index (χ3n) is 2.21. The first kappa shape index (κ1) is 38.1. The van der Waals surface area contributed by atoms with Crippen LogP contribution in [-0.2, 0) is 14.4 Å². The van der Waals surface area contributed by atoms with E-state index >= 15 is 0 Å². The Morgan fingerprint density at radius 3 is 0.933 bits per heavy atom. The Morgan fingerprint density at radius 2 is 0.900 bits per heavy atom. The second-order valence-electron chi connectivity index (χ2n) is 5.68. The zero-order valence-electron chi connectivity index (χ0n) is 18.3. The predicted molar refractivity (Wildman–Crippen MR) is 114 cm³/mol. The van der Waals surface area contributed by atoms with Crippen molar-refractivity contribution in [2.75, 3.05) is 13.2 Å². The molecule has 0 aliphatic rings. The molecule has 0 saturated carbocycles. The second kappa shape index (κ2) is 28.7. The standard InChI is InChI=1S/3C4H6O2.2C4H10O2/c3*1-3(2)4(5)6;1-2-3-4(5)6;5-3-1-2-4-6/h3*1H2,2H3,(H,5,6);4-6H,2-3H2,1H3;5-6H,1-4H2. The minimum Gasteiger partial charge on any atom is -0.478 e. The van der Waals surface area contributed by atoms with Crippen molar-refractivity contribution in [1.29, 1.82) is 0 Å². The number of aliphatic hydroxyl groups is 4. The molecular weight excluding hydrogens is 400 g/mol. The molecule has 0 aromatic rings. The average Bonchev–Trinajstić information content (AvgIpc) is 2.61. The first-order valence-electron chi connectivity index (χ1n) is 8.86. The number of hydrogen-bond acceptors (Lipinski definition) is 7. The van der Waals surface area contributed by atoms with Crippen molar-refractivity contribution in [3.05, 3.63) is 36.5 Å². The summed E-state index contributed by atoms with van der Waals surface area (Å²) >= 11 is 0. The highest BCUT2D eigenvalue weighted by atomic mass is 16.5. The number of carboxylic acids is 3. The maximum Gasteiger partial charge on any atom is 0.330 e. The molecule has 0 atom stereocenters. The molecule has 0 bridgehead atoms. The Balaban J connectivity index is -0.0000000868. The summed E-state index contributed by atoms with van der Waals surface area (Å²) in [5.41, 5.74) is 0.528. The van der Waals surface area contributed by atoms with Gasteiger partial charge in [-0.05, 0) is 40.0 Å². The summed E-state index contributed by atoms with van der Waals surface area (Å²) in [6.45, 7) is 16.1. The summed E-state index contributed by atoms with van der Waals surface area (Å²) in [6.07, 6.45) is 1.65. The predicted octanol–water partition coefficient (Wildman–Crippen LogP) is 1.79. The average molecular weight is 439 g/mol. The molecule has 0 aromatic heterocycles. The number of aliphatic carboxylic acids is 3. The zero-order valence-corrected chi connectivity index (χ0v) is 18.3. The number of hydrogen-bond donors (Lipinski definition) is 7. The molecule has 0 radical (unpaired) electrons. The molecule has 0 heterocycles. The van der Waals surface area contributed by atoms with Gasteiger partial charge in [-0.25, -0.2) is 14.4 Å². The van der Waals surface area contributed by atoms with Crippen LogP contribution in [0.4, 0.5) is 0 Å². The molecule has 30 heavy (non-hydrogen) atoms. The van der Waals surface area contributed by atoms with E-state index in [1.54, 1.807) is 0 Å². The van der Waals surface area contributed by atoms with Crippen LogP contribution in [0.3, 0.4) is 0 Å². The lowest BCUT2D eigenvalue weighted by Gasteiger charge is -1.94.